The Bertz CT molecular complexity index is 470. The fourth-order valence-electron chi connectivity index (χ4n) is 1.81. The van der Waals surface area contributed by atoms with Gasteiger partial charge in [-0.3, -0.25) is 9.48 Å². The van der Waals surface area contributed by atoms with Crippen LogP contribution in [0.3, 0.4) is 0 Å². The van der Waals surface area contributed by atoms with E-state index in [4.69, 9.17) is 0 Å². The fourth-order valence-corrected chi connectivity index (χ4v) is 2.24. The van der Waals surface area contributed by atoms with Gasteiger partial charge >= 0.3 is 6.18 Å². The predicted octanol–water partition coefficient (Wildman–Crippen LogP) is 2.44. The van der Waals surface area contributed by atoms with Crippen molar-refractivity contribution in [2.45, 2.75) is 20.0 Å². The second-order valence-corrected chi connectivity index (χ2v) is 4.99. The van der Waals surface area contributed by atoms with Gasteiger partial charge in [-0.1, -0.05) is 15.9 Å². The second kappa shape index (κ2) is 5.94. The van der Waals surface area contributed by atoms with E-state index in [0.29, 0.717) is 11.4 Å². The van der Waals surface area contributed by atoms with E-state index in [1.54, 1.807) is 20.9 Å². The maximum absolute atomic E-state index is 12.5. The number of carbonyl (C=O) groups excluding carboxylic acids is 1. The third-order valence-corrected chi connectivity index (χ3v) is 3.09. The van der Waals surface area contributed by atoms with Crippen LogP contribution in [-0.2, 0) is 7.05 Å². The summed E-state index contributed by atoms with van der Waals surface area (Å²) in [5.74, 6) is -0.639. The molecular weight excluding hydrogens is 327 g/mol. The van der Waals surface area contributed by atoms with Gasteiger partial charge in [-0.05, 0) is 13.8 Å². The molecular formula is C11H15BrF3N3O. The lowest BCUT2D eigenvalue weighted by Crippen LogP contribution is -2.40. The van der Waals surface area contributed by atoms with Gasteiger partial charge in [0.05, 0.1) is 11.3 Å². The van der Waals surface area contributed by atoms with Gasteiger partial charge < -0.3 is 4.90 Å². The molecule has 1 aromatic rings. The van der Waals surface area contributed by atoms with E-state index in [1.165, 1.54) is 4.68 Å². The third-order valence-electron chi connectivity index (χ3n) is 2.73. The van der Waals surface area contributed by atoms with Crippen molar-refractivity contribution < 1.29 is 18.0 Å². The first kappa shape index (κ1) is 16.0. The van der Waals surface area contributed by atoms with Gasteiger partial charge in [0.1, 0.15) is 6.54 Å². The van der Waals surface area contributed by atoms with E-state index in [9.17, 15) is 18.0 Å². The van der Waals surface area contributed by atoms with Crippen LogP contribution in [0.25, 0.3) is 0 Å². The zero-order valence-electron chi connectivity index (χ0n) is 10.9. The highest BCUT2D eigenvalue weighted by molar-refractivity contribution is 9.09. The molecule has 1 amide bonds. The number of rotatable bonds is 4. The average Bonchev–Trinajstić information content (AvgIpc) is 2.50. The highest BCUT2D eigenvalue weighted by Crippen LogP contribution is 2.20. The molecule has 19 heavy (non-hydrogen) atoms. The normalized spacial score (nSPS) is 11.7. The highest BCUT2D eigenvalue weighted by Gasteiger charge is 2.34. The van der Waals surface area contributed by atoms with Crippen LogP contribution in [0.5, 0.6) is 0 Å². The minimum atomic E-state index is -4.41. The van der Waals surface area contributed by atoms with Crippen LogP contribution in [0.1, 0.15) is 21.7 Å². The molecule has 0 spiro atoms. The lowest BCUT2D eigenvalue weighted by molar-refractivity contribution is -0.140. The van der Waals surface area contributed by atoms with Crippen molar-refractivity contribution in [1.82, 2.24) is 14.7 Å². The molecule has 0 aromatic carbocycles. The third kappa shape index (κ3) is 3.95. The van der Waals surface area contributed by atoms with E-state index in [1.807, 2.05) is 0 Å². The molecule has 0 fully saturated rings. The Morgan fingerprint density at radius 2 is 2.00 bits per heavy atom. The summed E-state index contributed by atoms with van der Waals surface area (Å²) >= 11 is 3.06. The van der Waals surface area contributed by atoms with Crippen LogP contribution >= 0.6 is 15.9 Å². The topological polar surface area (TPSA) is 38.1 Å². The van der Waals surface area contributed by atoms with Gasteiger partial charge in [-0.15, -0.1) is 0 Å². The van der Waals surface area contributed by atoms with Gasteiger partial charge in [0.2, 0.25) is 0 Å². The Labute approximate surface area is 117 Å². The van der Waals surface area contributed by atoms with Crippen LogP contribution in [0.15, 0.2) is 0 Å². The number of nitrogens with zero attached hydrogens (tertiary/aromatic N) is 3. The monoisotopic (exact) mass is 341 g/mol. The maximum atomic E-state index is 12.5. The summed E-state index contributed by atoms with van der Waals surface area (Å²) in [4.78, 5) is 13.0. The van der Waals surface area contributed by atoms with Crippen LogP contribution < -0.4 is 0 Å². The lowest BCUT2D eigenvalue weighted by Gasteiger charge is -2.23. The molecule has 0 aliphatic carbocycles. The number of amides is 1. The zero-order valence-corrected chi connectivity index (χ0v) is 12.5. The van der Waals surface area contributed by atoms with E-state index in [0.717, 1.165) is 4.90 Å². The van der Waals surface area contributed by atoms with Crippen LogP contribution in [0, 0.1) is 13.8 Å². The Balaban J connectivity index is 3.06. The number of hydrogen-bond donors (Lipinski definition) is 0. The van der Waals surface area contributed by atoms with Gasteiger partial charge in [0.25, 0.3) is 5.91 Å². The molecule has 4 nitrogen and oxygen atoms in total. The van der Waals surface area contributed by atoms with Gasteiger partial charge in [0, 0.05) is 24.6 Å². The van der Waals surface area contributed by atoms with Crippen molar-refractivity contribution in [2.24, 2.45) is 7.05 Å². The fraction of sp³-hybridized carbons (Fsp3) is 0.636. The van der Waals surface area contributed by atoms with Crippen LogP contribution in [-0.4, -0.2) is 45.2 Å². The first-order valence-electron chi connectivity index (χ1n) is 5.59. The van der Waals surface area contributed by atoms with Gasteiger partial charge in [-0.2, -0.15) is 18.3 Å². The Morgan fingerprint density at radius 1 is 1.42 bits per heavy atom. The number of halogens is 4. The minimum absolute atomic E-state index is 0.00782. The quantitative estimate of drug-likeness (QED) is 0.789. The molecule has 0 saturated heterocycles. The van der Waals surface area contributed by atoms with Crippen molar-refractivity contribution in [3.05, 3.63) is 17.0 Å². The molecule has 1 heterocycles. The molecule has 1 aromatic heterocycles. The number of aromatic nitrogens is 2. The number of hydrogen-bond acceptors (Lipinski definition) is 2. The summed E-state index contributed by atoms with van der Waals surface area (Å²) in [5.41, 5.74) is 1.24. The molecule has 108 valence electrons. The van der Waals surface area contributed by atoms with Crippen molar-refractivity contribution in [3.63, 3.8) is 0 Å². The first-order chi connectivity index (χ1) is 8.67. The first-order valence-corrected chi connectivity index (χ1v) is 6.71. The molecule has 1 rings (SSSR count). The SMILES string of the molecule is Cc1nn(C)c(C)c1C(=O)N(CCBr)CC(F)(F)F. The lowest BCUT2D eigenvalue weighted by atomic mass is 10.1. The predicted molar refractivity (Wildman–Crippen MR) is 68.4 cm³/mol. The van der Waals surface area contributed by atoms with Crippen molar-refractivity contribution >= 4 is 21.8 Å². The largest absolute Gasteiger partial charge is 0.406 e. The number of aryl methyl sites for hydroxylation is 2. The summed E-state index contributed by atoms with van der Waals surface area (Å²) < 4.78 is 38.9. The van der Waals surface area contributed by atoms with E-state index in [-0.39, 0.29) is 17.4 Å². The molecule has 0 bridgehead atoms. The summed E-state index contributed by atoms with van der Waals surface area (Å²) in [6.07, 6.45) is -4.41. The Hall–Kier alpha value is -1.05. The molecule has 0 unspecified atom stereocenters. The standard InChI is InChI=1S/C11H15BrF3N3O/c1-7-9(8(2)17(3)16-7)10(19)18(5-4-12)6-11(13,14)15/h4-6H2,1-3H3. The Morgan fingerprint density at radius 3 is 2.37 bits per heavy atom. The number of alkyl halides is 4. The average molecular weight is 342 g/mol. The van der Waals surface area contributed by atoms with Crippen molar-refractivity contribution in [3.8, 4) is 0 Å². The smallest absolute Gasteiger partial charge is 0.329 e. The molecule has 0 saturated carbocycles. The van der Waals surface area contributed by atoms with E-state index in [2.05, 4.69) is 21.0 Å². The molecule has 0 atom stereocenters. The Kier molecular flexibility index (Phi) is 5.00. The summed E-state index contributed by atoms with van der Waals surface area (Å²) in [6, 6.07) is 0. The van der Waals surface area contributed by atoms with Gasteiger partial charge in [0.15, 0.2) is 0 Å². The van der Waals surface area contributed by atoms with Crippen LogP contribution in [0.2, 0.25) is 0 Å². The summed E-state index contributed by atoms with van der Waals surface area (Å²) in [7, 11) is 1.65. The molecule has 8 heteroatoms. The molecule has 0 aliphatic rings. The number of carbonyl (C=O) groups is 1. The van der Waals surface area contributed by atoms with E-state index < -0.39 is 18.6 Å². The summed E-state index contributed by atoms with van der Waals surface area (Å²) in [5, 5.41) is 4.33. The summed E-state index contributed by atoms with van der Waals surface area (Å²) in [6.45, 7) is 2.00. The highest BCUT2D eigenvalue weighted by atomic mass is 79.9. The second-order valence-electron chi connectivity index (χ2n) is 4.20. The van der Waals surface area contributed by atoms with Gasteiger partial charge in [-0.25, -0.2) is 0 Å². The minimum Gasteiger partial charge on any atom is -0.329 e. The zero-order chi connectivity index (χ0) is 14.8. The van der Waals surface area contributed by atoms with Crippen LogP contribution in [0.4, 0.5) is 13.2 Å². The van der Waals surface area contributed by atoms with Crippen molar-refractivity contribution in [2.75, 3.05) is 18.4 Å². The van der Waals surface area contributed by atoms with E-state index >= 15 is 0 Å². The van der Waals surface area contributed by atoms with Crippen molar-refractivity contribution in [1.29, 1.82) is 0 Å². The molecule has 0 aliphatic heterocycles. The maximum Gasteiger partial charge on any atom is 0.406 e. The molecule has 0 radical (unpaired) electrons. The molecule has 0 N–H and O–H groups in total.